The number of benzene rings is 2. The Hall–Kier alpha value is -1.51. The van der Waals surface area contributed by atoms with Crippen LogP contribution in [-0.4, -0.2) is 18.2 Å². The fraction of sp³-hybridized carbons (Fsp3) is 0.429. The minimum atomic E-state index is 0. The molecule has 0 amide bonds. The number of halogens is 1. The molecular weight excluding hydrogens is 318 g/mol. The monoisotopic (exact) mass is 347 g/mol. The number of rotatable bonds is 10. The van der Waals surface area contributed by atoms with E-state index in [9.17, 15) is 5.11 Å². The van der Waals surface area contributed by atoms with Crippen molar-refractivity contribution in [2.45, 2.75) is 45.4 Å². The van der Waals surface area contributed by atoms with Crippen LogP contribution in [-0.2, 0) is 19.3 Å². The first-order valence-electron chi connectivity index (χ1n) is 8.85. The van der Waals surface area contributed by atoms with E-state index < -0.39 is 0 Å². The SMILES string of the molecule is CCCCCNCCc1cccc(O)c1CCc1ccccc1.Cl. The maximum atomic E-state index is 10.2. The number of nitrogens with one attached hydrogen (secondary N) is 1. The quantitative estimate of drug-likeness (QED) is 0.598. The first-order valence-corrected chi connectivity index (χ1v) is 8.85. The van der Waals surface area contributed by atoms with Gasteiger partial charge in [0.15, 0.2) is 0 Å². The summed E-state index contributed by atoms with van der Waals surface area (Å²) in [4.78, 5) is 0. The zero-order valence-electron chi connectivity index (χ0n) is 14.6. The van der Waals surface area contributed by atoms with Gasteiger partial charge in [0.05, 0.1) is 0 Å². The van der Waals surface area contributed by atoms with Crippen molar-refractivity contribution in [1.82, 2.24) is 5.32 Å². The number of hydrogen-bond donors (Lipinski definition) is 2. The molecule has 0 unspecified atom stereocenters. The van der Waals surface area contributed by atoms with Crippen LogP contribution in [0.1, 0.15) is 42.9 Å². The van der Waals surface area contributed by atoms with E-state index >= 15 is 0 Å². The second-order valence-electron chi connectivity index (χ2n) is 6.11. The zero-order valence-corrected chi connectivity index (χ0v) is 15.4. The molecule has 0 fully saturated rings. The lowest BCUT2D eigenvalue weighted by Gasteiger charge is -2.12. The minimum absolute atomic E-state index is 0. The summed E-state index contributed by atoms with van der Waals surface area (Å²) in [6.07, 6.45) is 6.64. The van der Waals surface area contributed by atoms with Gasteiger partial charge >= 0.3 is 0 Å². The van der Waals surface area contributed by atoms with Gasteiger partial charge in [0.25, 0.3) is 0 Å². The van der Waals surface area contributed by atoms with Crippen molar-refractivity contribution in [1.29, 1.82) is 0 Å². The standard InChI is InChI=1S/C21H29NO.ClH/c1-2-3-7-16-22-17-15-19-11-8-12-21(23)20(19)14-13-18-9-5-4-6-10-18;/h4-6,8-12,22-23H,2-3,7,13-17H2,1H3;1H. The molecule has 2 aromatic rings. The molecule has 0 spiro atoms. The van der Waals surface area contributed by atoms with Crippen LogP contribution in [0, 0.1) is 0 Å². The molecule has 2 rings (SSSR count). The summed E-state index contributed by atoms with van der Waals surface area (Å²) >= 11 is 0. The van der Waals surface area contributed by atoms with E-state index in [0.717, 1.165) is 37.9 Å². The summed E-state index contributed by atoms with van der Waals surface area (Å²) in [6.45, 7) is 4.29. The highest BCUT2D eigenvalue weighted by molar-refractivity contribution is 5.85. The topological polar surface area (TPSA) is 32.3 Å². The van der Waals surface area contributed by atoms with Crippen molar-refractivity contribution in [3.63, 3.8) is 0 Å². The molecule has 0 atom stereocenters. The number of phenols is 1. The van der Waals surface area contributed by atoms with Crippen molar-refractivity contribution < 1.29 is 5.11 Å². The maximum absolute atomic E-state index is 10.2. The van der Waals surface area contributed by atoms with Gasteiger partial charge in [0, 0.05) is 0 Å². The van der Waals surface area contributed by atoms with Gasteiger partial charge in [-0.2, -0.15) is 0 Å². The van der Waals surface area contributed by atoms with E-state index in [0.29, 0.717) is 5.75 Å². The predicted molar refractivity (Wildman–Crippen MR) is 105 cm³/mol. The third-order valence-corrected chi connectivity index (χ3v) is 4.28. The highest BCUT2D eigenvalue weighted by Crippen LogP contribution is 2.23. The molecule has 2 nitrogen and oxygen atoms in total. The van der Waals surface area contributed by atoms with E-state index in [4.69, 9.17) is 0 Å². The Bertz CT molecular complexity index is 571. The molecule has 24 heavy (non-hydrogen) atoms. The van der Waals surface area contributed by atoms with E-state index in [1.807, 2.05) is 12.1 Å². The van der Waals surface area contributed by atoms with E-state index in [1.54, 1.807) is 6.07 Å². The highest BCUT2D eigenvalue weighted by Gasteiger charge is 2.08. The van der Waals surface area contributed by atoms with Crippen LogP contribution < -0.4 is 5.32 Å². The Balaban J connectivity index is 0.00000288. The van der Waals surface area contributed by atoms with Crippen molar-refractivity contribution in [2.75, 3.05) is 13.1 Å². The molecule has 0 aromatic heterocycles. The molecule has 0 radical (unpaired) electrons. The second kappa shape index (κ2) is 11.9. The largest absolute Gasteiger partial charge is 0.508 e. The summed E-state index contributed by atoms with van der Waals surface area (Å²) < 4.78 is 0. The van der Waals surface area contributed by atoms with Gasteiger partial charge in [0.2, 0.25) is 0 Å². The first-order chi connectivity index (χ1) is 11.3. The van der Waals surface area contributed by atoms with Crippen LogP contribution in [0.4, 0.5) is 0 Å². The van der Waals surface area contributed by atoms with Crippen molar-refractivity contribution in [2.24, 2.45) is 0 Å². The number of phenolic OH excluding ortho intramolecular Hbond substituents is 1. The molecule has 0 saturated heterocycles. The van der Waals surface area contributed by atoms with Gasteiger partial charge in [-0.25, -0.2) is 0 Å². The fourth-order valence-corrected chi connectivity index (χ4v) is 2.91. The molecule has 2 aromatic carbocycles. The molecule has 0 aliphatic rings. The van der Waals surface area contributed by atoms with Gasteiger partial charge in [-0.3, -0.25) is 0 Å². The Morgan fingerprint density at radius 3 is 2.38 bits per heavy atom. The van der Waals surface area contributed by atoms with Crippen LogP contribution in [0.5, 0.6) is 5.75 Å². The van der Waals surface area contributed by atoms with E-state index in [2.05, 4.69) is 42.6 Å². The van der Waals surface area contributed by atoms with Gasteiger partial charge in [-0.1, -0.05) is 62.2 Å². The van der Waals surface area contributed by atoms with Crippen LogP contribution >= 0.6 is 12.4 Å². The lowest BCUT2D eigenvalue weighted by Crippen LogP contribution is -2.19. The predicted octanol–water partition coefficient (Wildman–Crippen LogP) is 4.92. The van der Waals surface area contributed by atoms with Crippen LogP contribution in [0.3, 0.4) is 0 Å². The summed E-state index contributed by atoms with van der Waals surface area (Å²) in [6, 6.07) is 16.4. The van der Waals surface area contributed by atoms with Crippen LogP contribution in [0.15, 0.2) is 48.5 Å². The molecule has 2 N–H and O–H groups in total. The number of unbranched alkanes of at least 4 members (excludes halogenated alkanes) is 2. The van der Waals surface area contributed by atoms with E-state index in [1.165, 1.54) is 30.4 Å². The molecule has 0 heterocycles. The smallest absolute Gasteiger partial charge is 0.119 e. The number of aryl methyl sites for hydroxylation is 1. The lowest BCUT2D eigenvalue weighted by molar-refractivity contribution is 0.466. The Morgan fingerprint density at radius 1 is 0.833 bits per heavy atom. The van der Waals surface area contributed by atoms with Crippen molar-refractivity contribution in [3.8, 4) is 5.75 Å². The molecule has 0 aliphatic heterocycles. The Kier molecular flexibility index (Phi) is 10.2. The molecule has 0 saturated carbocycles. The van der Waals surface area contributed by atoms with Gasteiger partial charge in [-0.15, -0.1) is 12.4 Å². The fourth-order valence-electron chi connectivity index (χ4n) is 2.91. The Morgan fingerprint density at radius 2 is 1.62 bits per heavy atom. The number of hydrogen-bond acceptors (Lipinski definition) is 2. The van der Waals surface area contributed by atoms with E-state index in [-0.39, 0.29) is 12.4 Å². The van der Waals surface area contributed by atoms with Crippen molar-refractivity contribution >= 4 is 12.4 Å². The molecular formula is C21H30ClNO. The molecule has 0 aliphatic carbocycles. The summed E-state index contributed by atoms with van der Waals surface area (Å²) in [7, 11) is 0. The maximum Gasteiger partial charge on any atom is 0.119 e. The van der Waals surface area contributed by atoms with Gasteiger partial charge in [0.1, 0.15) is 5.75 Å². The molecule has 0 bridgehead atoms. The first kappa shape index (κ1) is 20.5. The summed E-state index contributed by atoms with van der Waals surface area (Å²) in [5.74, 6) is 0.435. The summed E-state index contributed by atoms with van der Waals surface area (Å²) in [5, 5.41) is 13.7. The lowest BCUT2D eigenvalue weighted by atomic mass is 9.97. The third-order valence-electron chi connectivity index (χ3n) is 4.28. The molecule has 3 heteroatoms. The number of aromatic hydroxyl groups is 1. The normalized spacial score (nSPS) is 10.4. The minimum Gasteiger partial charge on any atom is -0.508 e. The average Bonchev–Trinajstić information content (AvgIpc) is 2.58. The summed E-state index contributed by atoms with van der Waals surface area (Å²) in [5.41, 5.74) is 3.69. The zero-order chi connectivity index (χ0) is 16.3. The molecule has 132 valence electrons. The highest BCUT2D eigenvalue weighted by atomic mass is 35.5. The third kappa shape index (κ3) is 6.94. The Labute approximate surface area is 152 Å². The van der Waals surface area contributed by atoms with Crippen LogP contribution in [0.2, 0.25) is 0 Å². The average molecular weight is 348 g/mol. The second-order valence-corrected chi connectivity index (χ2v) is 6.11. The van der Waals surface area contributed by atoms with Crippen LogP contribution in [0.25, 0.3) is 0 Å². The van der Waals surface area contributed by atoms with Gasteiger partial charge in [-0.05, 0) is 61.5 Å². The van der Waals surface area contributed by atoms with Crippen molar-refractivity contribution in [3.05, 3.63) is 65.2 Å². The van der Waals surface area contributed by atoms with Gasteiger partial charge < -0.3 is 10.4 Å².